The Hall–Kier alpha value is -1.24. The van der Waals surface area contributed by atoms with Gasteiger partial charge in [0.05, 0.1) is 0 Å². The molecule has 0 fully saturated rings. The fourth-order valence-corrected chi connectivity index (χ4v) is 1.84. The van der Waals surface area contributed by atoms with Gasteiger partial charge in [-0.2, -0.15) is 0 Å². The first-order valence-corrected chi connectivity index (χ1v) is 6.29. The van der Waals surface area contributed by atoms with E-state index in [4.69, 9.17) is 0 Å². The quantitative estimate of drug-likeness (QED) is 0.614. The summed E-state index contributed by atoms with van der Waals surface area (Å²) in [5.41, 5.74) is 2.51. The fourth-order valence-electron chi connectivity index (χ4n) is 1.84. The first kappa shape index (κ1) is 12.8. The topological polar surface area (TPSA) is 3.24 Å². The van der Waals surface area contributed by atoms with Crippen molar-refractivity contribution in [1.29, 1.82) is 0 Å². The molecule has 0 saturated carbocycles. The van der Waals surface area contributed by atoms with Crippen LogP contribution in [0.1, 0.15) is 38.7 Å². The van der Waals surface area contributed by atoms with Crippen molar-refractivity contribution < 1.29 is 0 Å². The first-order chi connectivity index (χ1) is 7.81. The molecule has 0 aliphatic rings. The molecule has 1 nitrogen and oxygen atoms in total. The highest BCUT2D eigenvalue weighted by Gasteiger charge is 2.02. The third-order valence-electron chi connectivity index (χ3n) is 2.91. The van der Waals surface area contributed by atoms with E-state index in [0.717, 1.165) is 13.1 Å². The number of unbranched alkanes of at least 4 members (excludes halogenated alkanes) is 2. The molecule has 0 heterocycles. The molecule has 0 saturated heterocycles. The van der Waals surface area contributed by atoms with Crippen LogP contribution in [0.15, 0.2) is 30.8 Å². The van der Waals surface area contributed by atoms with Crippen molar-refractivity contribution >= 4 is 11.8 Å². The Balaban J connectivity index is 2.59. The van der Waals surface area contributed by atoms with Crippen LogP contribution in [0.2, 0.25) is 0 Å². The smallest absolute Gasteiger partial charge is 0.0366 e. The molecule has 0 unspecified atom stereocenters. The summed E-state index contributed by atoms with van der Waals surface area (Å²) in [6.07, 6.45) is 5.78. The summed E-state index contributed by atoms with van der Waals surface area (Å²) in [7, 11) is 0. The number of rotatable bonds is 7. The van der Waals surface area contributed by atoms with Crippen molar-refractivity contribution in [2.24, 2.45) is 0 Å². The molecule has 0 spiro atoms. The minimum atomic E-state index is 1.08. The number of hydrogen-bond donors (Lipinski definition) is 0. The molecule has 88 valence electrons. The average molecular weight is 217 g/mol. The SMILES string of the molecule is C=Cc1ccc(N(CC)CCCCC)cc1. The highest BCUT2D eigenvalue weighted by atomic mass is 15.1. The molecule has 0 aliphatic carbocycles. The van der Waals surface area contributed by atoms with Crippen LogP contribution in [-0.4, -0.2) is 13.1 Å². The maximum Gasteiger partial charge on any atom is 0.0366 e. The van der Waals surface area contributed by atoms with Crippen LogP contribution in [0, 0.1) is 0 Å². The van der Waals surface area contributed by atoms with Crippen LogP contribution in [0.3, 0.4) is 0 Å². The van der Waals surface area contributed by atoms with Gasteiger partial charge in [-0.15, -0.1) is 0 Å². The zero-order chi connectivity index (χ0) is 11.8. The summed E-state index contributed by atoms with van der Waals surface area (Å²) < 4.78 is 0. The summed E-state index contributed by atoms with van der Waals surface area (Å²) in [6, 6.07) is 8.63. The molecule has 0 aromatic heterocycles. The van der Waals surface area contributed by atoms with Gasteiger partial charge in [0.2, 0.25) is 0 Å². The number of hydrogen-bond acceptors (Lipinski definition) is 1. The maximum atomic E-state index is 3.77. The lowest BCUT2D eigenvalue weighted by atomic mass is 10.2. The normalized spacial score (nSPS) is 10.1. The lowest BCUT2D eigenvalue weighted by Crippen LogP contribution is -2.23. The minimum Gasteiger partial charge on any atom is -0.372 e. The van der Waals surface area contributed by atoms with E-state index in [1.54, 1.807) is 0 Å². The van der Waals surface area contributed by atoms with E-state index in [9.17, 15) is 0 Å². The Morgan fingerprint density at radius 2 is 1.81 bits per heavy atom. The van der Waals surface area contributed by atoms with Crippen LogP contribution >= 0.6 is 0 Å². The highest BCUT2D eigenvalue weighted by molar-refractivity contribution is 5.54. The third-order valence-corrected chi connectivity index (χ3v) is 2.91. The molecular weight excluding hydrogens is 194 g/mol. The monoisotopic (exact) mass is 217 g/mol. The summed E-state index contributed by atoms with van der Waals surface area (Å²) in [5, 5.41) is 0. The Labute approximate surface area is 99.8 Å². The Bertz CT molecular complexity index is 300. The van der Waals surface area contributed by atoms with Gasteiger partial charge in [0, 0.05) is 18.8 Å². The van der Waals surface area contributed by atoms with Gasteiger partial charge >= 0.3 is 0 Å². The Kier molecular flexibility index (Phi) is 5.69. The molecule has 0 atom stereocenters. The second-order valence-electron chi connectivity index (χ2n) is 4.08. The second kappa shape index (κ2) is 7.10. The molecule has 0 radical (unpaired) electrons. The molecular formula is C15H23N. The van der Waals surface area contributed by atoms with Crippen LogP contribution in [0.5, 0.6) is 0 Å². The Morgan fingerprint density at radius 1 is 1.12 bits per heavy atom. The van der Waals surface area contributed by atoms with Crippen molar-refractivity contribution in [3.8, 4) is 0 Å². The molecule has 1 heteroatoms. The number of benzene rings is 1. The van der Waals surface area contributed by atoms with Gasteiger partial charge in [-0.1, -0.05) is 44.6 Å². The van der Waals surface area contributed by atoms with Crippen LogP contribution < -0.4 is 4.90 Å². The van der Waals surface area contributed by atoms with Gasteiger partial charge in [-0.25, -0.2) is 0 Å². The lowest BCUT2D eigenvalue weighted by Gasteiger charge is -2.23. The molecule has 0 bridgehead atoms. The maximum absolute atomic E-state index is 3.77. The van der Waals surface area contributed by atoms with Crippen molar-refractivity contribution in [3.05, 3.63) is 36.4 Å². The first-order valence-electron chi connectivity index (χ1n) is 6.29. The van der Waals surface area contributed by atoms with E-state index in [2.05, 4.69) is 49.6 Å². The standard InChI is InChI=1S/C15H23N/c1-4-7-8-13-16(6-3)15-11-9-14(5-2)10-12-15/h5,9-12H,2,4,6-8,13H2,1,3H3. The number of nitrogens with zero attached hydrogens (tertiary/aromatic N) is 1. The second-order valence-corrected chi connectivity index (χ2v) is 4.08. The van der Waals surface area contributed by atoms with E-state index < -0.39 is 0 Å². The van der Waals surface area contributed by atoms with Gasteiger partial charge < -0.3 is 4.90 Å². The van der Waals surface area contributed by atoms with Crippen molar-refractivity contribution in [3.63, 3.8) is 0 Å². The molecule has 0 N–H and O–H groups in total. The van der Waals surface area contributed by atoms with E-state index in [1.807, 2.05) is 6.08 Å². The van der Waals surface area contributed by atoms with Gasteiger partial charge in [-0.3, -0.25) is 0 Å². The lowest BCUT2D eigenvalue weighted by molar-refractivity contribution is 0.685. The molecule has 1 aromatic carbocycles. The van der Waals surface area contributed by atoms with Crippen molar-refractivity contribution in [2.45, 2.75) is 33.1 Å². The zero-order valence-corrected chi connectivity index (χ0v) is 10.6. The number of anilines is 1. The predicted octanol–water partition coefficient (Wildman–Crippen LogP) is 4.35. The van der Waals surface area contributed by atoms with Crippen LogP contribution in [0.25, 0.3) is 6.08 Å². The van der Waals surface area contributed by atoms with E-state index in [0.29, 0.717) is 0 Å². The van der Waals surface area contributed by atoms with E-state index in [1.165, 1.54) is 30.5 Å². The van der Waals surface area contributed by atoms with E-state index in [-0.39, 0.29) is 0 Å². The molecule has 1 rings (SSSR count). The molecule has 1 aromatic rings. The Morgan fingerprint density at radius 3 is 2.31 bits per heavy atom. The van der Waals surface area contributed by atoms with Crippen molar-refractivity contribution in [1.82, 2.24) is 0 Å². The average Bonchev–Trinajstić information content (AvgIpc) is 2.35. The van der Waals surface area contributed by atoms with Crippen molar-refractivity contribution in [2.75, 3.05) is 18.0 Å². The molecule has 16 heavy (non-hydrogen) atoms. The predicted molar refractivity (Wildman–Crippen MR) is 73.9 cm³/mol. The summed E-state index contributed by atoms with van der Waals surface area (Å²) in [6.45, 7) is 10.5. The largest absolute Gasteiger partial charge is 0.372 e. The molecule has 0 amide bonds. The highest BCUT2D eigenvalue weighted by Crippen LogP contribution is 2.16. The molecule has 0 aliphatic heterocycles. The third kappa shape index (κ3) is 3.73. The summed E-state index contributed by atoms with van der Waals surface area (Å²) in [4.78, 5) is 2.43. The van der Waals surface area contributed by atoms with Crippen LogP contribution in [0.4, 0.5) is 5.69 Å². The fraction of sp³-hybridized carbons (Fsp3) is 0.467. The van der Waals surface area contributed by atoms with E-state index >= 15 is 0 Å². The van der Waals surface area contributed by atoms with Gasteiger partial charge in [-0.05, 0) is 31.0 Å². The van der Waals surface area contributed by atoms with Gasteiger partial charge in [0.15, 0.2) is 0 Å². The minimum absolute atomic E-state index is 1.08. The summed E-state index contributed by atoms with van der Waals surface area (Å²) in [5.74, 6) is 0. The van der Waals surface area contributed by atoms with Crippen LogP contribution in [-0.2, 0) is 0 Å². The van der Waals surface area contributed by atoms with Gasteiger partial charge in [0.1, 0.15) is 0 Å². The van der Waals surface area contributed by atoms with Gasteiger partial charge in [0.25, 0.3) is 0 Å². The zero-order valence-electron chi connectivity index (χ0n) is 10.6. The summed E-state index contributed by atoms with van der Waals surface area (Å²) >= 11 is 0.